The first-order valence-corrected chi connectivity index (χ1v) is 4.40. The molecular formula is C9H15N3. The topological polar surface area (TPSA) is 37.8 Å². The minimum atomic E-state index is 0.966. The highest BCUT2D eigenvalue weighted by Crippen LogP contribution is 1.90. The van der Waals surface area contributed by atoms with Crippen LogP contribution in [0.5, 0.6) is 0 Å². The summed E-state index contributed by atoms with van der Waals surface area (Å²) < 4.78 is 0. The van der Waals surface area contributed by atoms with Crippen molar-refractivity contribution < 1.29 is 0 Å². The van der Waals surface area contributed by atoms with Crippen LogP contribution in [0.15, 0.2) is 18.3 Å². The number of aromatic nitrogens is 2. The second-order valence-electron chi connectivity index (χ2n) is 2.71. The third-order valence-electron chi connectivity index (χ3n) is 1.61. The van der Waals surface area contributed by atoms with Crippen LogP contribution < -0.4 is 5.32 Å². The second-order valence-corrected chi connectivity index (χ2v) is 2.71. The van der Waals surface area contributed by atoms with Gasteiger partial charge in [0.2, 0.25) is 0 Å². The van der Waals surface area contributed by atoms with Gasteiger partial charge in [0.25, 0.3) is 0 Å². The van der Waals surface area contributed by atoms with Crippen molar-refractivity contribution >= 4 is 0 Å². The van der Waals surface area contributed by atoms with Crippen LogP contribution >= 0.6 is 0 Å². The quantitative estimate of drug-likeness (QED) is 0.662. The van der Waals surface area contributed by atoms with E-state index < -0.39 is 0 Å². The Morgan fingerprint density at radius 3 is 3.00 bits per heavy atom. The van der Waals surface area contributed by atoms with Crippen LogP contribution in [-0.4, -0.2) is 23.3 Å². The molecule has 1 aromatic heterocycles. The molecule has 3 nitrogen and oxygen atoms in total. The molecule has 0 aliphatic heterocycles. The van der Waals surface area contributed by atoms with E-state index in [0.29, 0.717) is 0 Å². The summed E-state index contributed by atoms with van der Waals surface area (Å²) in [7, 11) is 0. The van der Waals surface area contributed by atoms with E-state index in [9.17, 15) is 0 Å². The Hall–Kier alpha value is -0.960. The van der Waals surface area contributed by atoms with Gasteiger partial charge in [-0.2, -0.15) is 10.2 Å². The van der Waals surface area contributed by atoms with Crippen molar-refractivity contribution in [3.63, 3.8) is 0 Å². The summed E-state index contributed by atoms with van der Waals surface area (Å²) in [5, 5.41) is 11.1. The van der Waals surface area contributed by atoms with Crippen LogP contribution in [0, 0.1) is 0 Å². The summed E-state index contributed by atoms with van der Waals surface area (Å²) >= 11 is 0. The highest BCUT2D eigenvalue weighted by molar-refractivity contribution is 4.99. The van der Waals surface area contributed by atoms with Gasteiger partial charge in [0, 0.05) is 19.2 Å². The smallest absolute Gasteiger partial charge is 0.0643 e. The number of hydrogen-bond acceptors (Lipinski definition) is 3. The van der Waals surface area contributed by atoms with Crippen molar-refractivity contribution in [3.8, 4) is 0 Å². The molecule has 1 aromatic rings. The van der Waals surface area contributed by atoms with E-state index >= 15 is 0 Å². The maximum absolute atomic E-state index is 3.99. The minimum absolute atomic E-state index is 0.966. The van der Waals surface area contributed by atoms with Gasteiger partial charge in [0.05, 0.1) is 5.69 Å². The molecule has 0 fully saturated rings. The van der Waals surface area contributed by atoms with Crippen molar-refractivity contribution in [2.24, 2.45) is 0 Å². The first-order valence-electron chi connectivity index (χ1n) is 4.40. The van der Waals surface area contributed by atoms with E-state index in [1.165, 1.54) is 6.42 Å². The fourth-order valence-corrected chi connectivity index (χ4v) is 0.985. The maximum atomic E-state index is 3.99. The van der Waals surface area contributed by atoms with E-state index in [1.54, 1.807) is 6.20 Å². The highest BCUT2D eigenvalue weighted by atomic mass is 15.1. The van der Waals surface area contributed by atoms with Gasteiger partial charge in [-0.1, -0.05) is 6.92 Å². The largest absolute Gasteiger partial charge is 0.316 e. The van der Waals surface area contributed by atoms with Gasteiger partial charge in [0.1, 0.15) is 0 Å². The van der Waals surface area contributed by atoms with Crippen LogP contribution in [0.4, 0.5) is 0 Å². The standard InChI is InChI=1S/C9H15N3/c1-2-6-10-8-5-9-4-3-7-11-12-9/h3-4,7,10H,2,5-6,8H2,1H3. The van der Waals surface area contributed by atoms with Crippen molar-refractivity contribution in [2.75, 3.05) is 13.1 Å². The Morgan fingerprint density at radius 1 is 1.42 bits per heavy atom. The van der Waals surface area contributed by atoms with Crippen molar-refractivity contribution in [3.05, 3.63) is 24.0 Å². The van der Waals surface area contributed by atoms with Gasteiger partial charge >= 0.3 is 0 Å². The number of rotatable bonds is 5. The van der Waals surface area contributed by atoms with Crippen molar-refractivity contribution in [2.45, 2.75) is 19.8 Å². The molecule has 66 valence electrons. The molecule has 0 spiro atoms. The Labute approximate surface area is 73.2 Å². The number of nitrogens with one attached hydrogen (secondary N) is 1. The molecule has 1 heterocycles. The SMILES string of the molecule is CCCNCCc1cccnn1. The Bertz CT molecular complexity index is 198. The second kappa shape index (κ2) is 5.66. The molecule has 0 aromatic carbocycles. The fourth-order valence-electron chi connectivity index (χ4n) is 0.985. The van der Waals surface area contributed by atoms with E-state index in [0.717, 1.165) is 25.2 Å². The maximum Gasteiger partial charge on any atom is 0.0643 e. The van der Waals surface area contributed by atoms with Gasteiger partial charge in [-0.15, -0.1) is 0 Å². The van der Waals surface area contributed by atoms with E-state index in [4.69, 9.17) is 0 Å². The van der Waals surface area contributed by atoms with Crippen LogP contribution in [-0.2, 0) is 6.42 Å². The molecule has 0 atom stereocenters. The summed E-state index contributed by atoms with van der Waals surface area (Å²) in [5.74, 6) is 0. The van der Waals surface area contributed by atoms with Crippen LogP contribution in [0.1, 0.15) is 19.0 Å². The average Bonchev–Trinajstić information content (AvgIpc) is 2.14. The van der Waals surface area contributed by atoms with Gasteiger partial charge in [-0.25, -0.2) is 0 Å². The number of hydrogen-bond donors (Lipinski definition) is 1. The zero-order valence-corrected chi connectivity index (χ0v) is 7.45. The van der Waals surface area contributed by atoms with Gasteiger partial charge in [-0.3, -0.25) is 0 Å². The molecule has 0 unspecified atom stereocenters. The highest BCUT2D eigenvalue weighted by Gasteiger charge is 1.91. The summed E-state index contributed by atoms with van der Waals surface area (Å²) in [6.45, 7) is 4.24. The normalized spacial score (nSPS) is 10.1. The predicted molar refractivity (Wildman–Crippen MR) is 48.9 cm³/mol. The molecule has 3 heteroatoms. The molecule has 0 aliphatic rings. The lowest BCUT2D eigenvalue weighted by atomic mass is 10.3. The van der Waals surface area contributed by atoms with Crippen LogP contribution in [0.2, 0.25) is 0 Å². The van der Waals surface area contributed by atoms with Crippen LogP contribution in [0.25, 0.3) is 0 Å². The molecule has 12 heavy (non-hydrogen) atoms. The lowest BCUT2D eigenvalue weighted by molar-refractivity contribution is 0.661. The fraction of sp³-hybridized carbons (Fsp3) is 0.556. The average molecular weight is 165 g/mol. The van der Waals surface area contributed by atoms with Crippen molar-refractivity contribution in [1.29, 1.82) is 0 Å². The summed E-state index contributed by atoms with van der Waals surface area (Å²) in [5.41, 5.74) is 1.06. The molecule has 0 amide bonds. The monoisotopic (exact) mass is 165 g/mol. The molecule has 1 rings (SSSR count). The van der Waals surface area contributed by atoms with Gasteiger partial charge in [0.15, 0.2) is 0 Å². The number of nitrogens with zero attached hydrogens (tertiary/aromatic N) is 2. The molecule has 0 radical (unpaired) electrons. The lowest BCUT2D eigenvalue weighted by Crippen LogP contribution is -2.18. The third-order valence-corrected chi connectivity index (χ3v) is 1.61. The predicted octanol–water partition coefficient (Wildman–Crippen LogP) is 1.02. The molecule has 0 aliphatic carbocycles. The van der Waals surface area contributed by atoms with Crippen molar-refractivity contribution in [1.82, 2.24) is 15.5 Å². The lowest BCUT2D eigenvalue weighted by Gasteiger charge is -2.00. The Morgan fingerprint density at radius 2 is 2.33 bits per heavy atom. The van der Waals surface area contributed by atoms with Gasteiger partial charge < -0.3 is 5.32 Å². The zero-order chi connectivity index (χ0) is 8.65. The molecular weight excluding hydrogens is 150 g/mol. The van der Waals surface area contributed by atoms with E-state index in [-0.39, 0.29) is 0 Å². The first kappa shape index (κ1) is 9.13. The summed E-state index contributed by atoms with van der Waals surface area (Å²) in [6, 6.07) is 3.92. The third kappa shape index (κ3) is 3.44. The Balaban J connectivity index is 2.16. The van der Waals surface area contributed by atoms with E-state index in [2.05, 4.69) is 22.4 Å². The molecule has 0 saturated carbocycles. The van der Waals surface area contributed by atoms with Gasteiger partial charge in [-0.05, 0) is 25.1 Å². The Kier molecular flexibility index (Phi) is 4.31. The molecule has 1 N–H and O–H groups in total. The zero-order valence-electron chi connectivity index (χ0n) is 7.45. The summed E-state index contributed by atoms with van der Waals surface area (Å²) in [6.07, 6.45) is 3.84. The van der Waals surface area contributed by atoms with E-state index in [1.807, 2.05) is 12.1 Å². The molecule has 0 bridgehead atoms. The summed E-state index contributed by atoms with van der Waals surface area (Å²) in [4.78, 5) is 0. The minimum Gasteiger partial charge on any atom is -0.316 e. The molecule has 0 saturated heterocycles. The first-order chi connectivity index (χ1) is 5.93. The van der Waals surface area contributed by atoms with Crippen LogP contribution in [0.3, 0.4) is 0 Å².